The Morgan fingerprint density at radius 3 is 2.23 bits per heavy atom. The normalized spacial score (nSPS) is 11.4. The number of benzene rings is 2. The Labute approximate surface area is 155 Å². The van der Waals surface area contributed by atoms with Gasteiger partial charge in [-0.2, -0.15) is 0 Å². The SMILES string of the molecule is CC.CCC.Cn1nnc2c1-c1ccccc1CN(O)c1ccccc1-2. The first-order valence-electron chi connectivity index (χ1n) is 9.21. The van der Waals surface area contributed by atoms with Crippen molar-refractivity contribution >= 4 is 5.69 Å². The van der Waals surface area contributed by atoms with E-state index in [2.05, 4.69) is 24.2 Å². The molecule has 1 aromatic heterocycles. The summed E-state index contributed by atoms with van der Waals surface area (Å²) >= 11 is 0. The van der Waals surface area contributed by atoms with E-state index in [9.17, 15) is 5.21 Å². The fraction of sp³-hybridized carbons (Fsp3) is 0.333. The zero-order valence-electron chi connectivity index (χ0n) is 16.3. The number of anilines is 1. The highest BCUT2D eigenvalue weighted by Crippen LogP contribution is 2.39. The minimum Gasteiger partial charge on any atom is -0.288 e. The van der Waals surface area contributed by atoms with Crippen molar-refractivity contribution in [2.75, 3.05) is 5.06 Å². The van der Waals surface area contributed by atoms with Gasteiger partial charge in [-0.05, 0) is 11.6 Å². The topological polar surface area (TPSA) is 54.2 Å². The highest BCUT2D eigenvalue weighted by Gasteiger charge is 2.24. The van der Waals surface area contributed by atoms with E-state index in [4.69, 9.17) is 0 Å². The number of hydrogen-bond donors (Lipinski definition) is 1. The smallest absolute Gasteiger partial charge is 0.123 e. The minimum absolute atomic E-state index is 0.428. The molecule has 138 valence electrons. The van der Waals surface area contributed by atoms with E-state index in [1.54, 1.807) is 4.68 Å². The molecule has 2 aromatic carbocycles. The number of aromatic nitrogens is 3. The zero-order valence-corrected chi connectivity index (χ0v) is 16.3. The molecule has 4 rings (SSSR count). The Bertz CT molecular complexity index is 842. The summed E-state index contributed by atoms with van der Waals surface area (Å²) in [5.74, 6) is 0. The maximum Gasteiger partial charge on any atom is 0.123 e. The summed E-state index contributed by atoms with van der Waals surface area (Å²) in [6.45, 7) is 8.68. The third-order valence-electron chi connectivity index (χ3n) is 3.86. The second-order valence-corrected chi connectivity index (χ2v) is 5.85. The minimum atomic E-state index is 0.428. The third kappa shape index (κ3) is 3.78. The maximum absolute atomic E-state index is 10.4. The highest BCUT2D eigenvalue weighted by atomic mass is 16.5. The van der Waals surface area contributed by atoms with Crippen LogP contribution in [0.3, 0.4) is 0 Å². The summed E-state index contributed by atoms with van der Waals surface area (Å²) < 4.78 is 1.79. The van der Waals surface area contributed by atoms with E-state index in [0.29, 0.717) is 6.54 Å². The van der Waals surface area contributed by atoms with Crippen molar-refractivity contribution in [2.45, 2.75) is 40.7 Å². The Balaban J connectivity index is 0.000000444. The molecule has 5 heteroatoms. The molecule has 3 aromatic rings. The van der Waals surface area contributed by atoms with E-state index < -0.39 is 0 Å². The summed E-state index contributed by atoms with van der Waals surface area (Å²) in [6.07, 6.45) is 1.25. The van der Waals surface area contributed by atoms with Crippen molar-refractivity contribution in [1.29, 1.82) is 0 Å². The van der Waals surface area contributed by atoms with Crippen molar-refractivity contribution in [3.8, 4) is 22.5 Å². The molecule has 0 aliphatic carbocycles. The number of rotatable bonds is 0. The van der Waals surface area contributed by atoms with Gasteiger partial charge in [0.15, 0.2) is 0 Å². The summed E-state index contributed by atoms with van der Waals surface area (Å²) in [5.41, 5.74) is 5.49. The lowest BCUT2D eigenvalue weighted by Crippen LogP contribution is -2.20. The molecule has 0 atom stereocenters. The summed E-state index contributed by atoms with van der Waals surface area (Å²) in [6, 6.07) is 15.7. The second-order valence-electron chi connectivity index (χ2n) is 5.85. The van der Waals surface area contributed by atoms with Crippen LogP contribution in [-0.2, 0) is 13.6 Å². The first-order valence-corrected chi connectivity index (χ1v) is 9.21. The predicted octanol–water partition coefficient (Wildman–Crippen LogP) is 5.30. The van der Waals surface area contributed by atoms with E-state index in [-0.39, 0.29) is 0 Å². The lowest BCUT2D eigenvalue weighted by atomic mass is 9.96. The van der Waals surface area contributed by atoms with Gasteiger partial charge in [0.05, 0.1) is 17.9 Å². The monoisotopic (exact) mass is 352 g/mol. The van der Waals surface area contributed by atoms with Crippen LogP contribution in [0, 0.1) is 0 Å². The van der Waals surface area contributed by atoms with Crippen molar-refractivity contribution in [3.63, 3.8) is 0 Å². The van der Waals surface area contributed by atoms with Crippen LogP contribution in [0.4, 0.5) is 5.69 Å². The van der Waals surface area contributed by atoms with Crippen LogP contribution in [0.25, 0.3) is 22.5 Å². The van der Waals surface area contributed by atoms with Crippen molar-refractivity contribution in [3.05, 3.63) is 54.1 Å². The van der Waals surface area contributed by atoms with Gasteiger partial charge in [0, 0.05) is 18.2 Å². The van der Waals surface area contributed by atoms with Crippen LogP contribution in [-0.4, -0.2) is 20.2 Å². The van der Waals surface area contributed by atoms with Crippen LogP contribution in [0.1, 0.15) is 39.7 Å². The molecular formula is C21H28N4O. The summed E-state index contributed by atoms with van der Waals surface area (Å²) in [7, 11) is 1.89. The molecule has 0 bridgehead atoms. The third-order valence-corrected chi connectivity index (χ3v) is 3.86. The van der Waals surface area contributed by atoms with Crippen molar-refractivity contribution < 1.29 is 5.21 Å². The van der Waals surface area contributed by atoms with Crippen LogP contribution in [0.2, 0.25) is 0 Å². The molecule has 1 aliphatic rings. The van der Waals surface area contributed by atoms with Gasteiger partial charge in [-0.15, -0.1) is 5.10 Å². The molecule has 0 amide bonds. The van der Waals surface area contributed by atoms with E-state index in [1.165, 1.54) is 11.5 Å². The fourth-order valence-electron chi connectivity index (χ4n) is 2.88. The van der Waals surface area contributed by atoms with Gasteiger partial charge in [0.25, 0.3) is 0 Å². The van der Waals surface area contributed by atoms with Gasteiger partial charge in [0.1, 0.15) is 5.69 Å². The Morgan fingerprint density at radius 2 is 1.54 bits per heavy atom. The molecule has 5 nitrogen and oxygen atoms in total. The van der Waals surface area contributed by atoms with E-state index >= 15 is 0 Å². The van der Waals surface area contributed by atoms with E-state index in [1.807, 2.05) is 69.4 Å². The fourth-order valence-corrected chi connectivity index (χ4v) is 2.88. The lowest BCUT2D eigenvalue weighted by molar-refractivity contribution is 0.250. The molecule has 0 radical (unpaired) electrons. The first kappa shape index (κ1) is 19.7. The average molecular weight is 352 g/mol. The Kier molecular flexibility index (Phi) is 6.92. The van der Waals surface area contributed by atoms with Crippen LogP contribution in [0.15, 0.2) is 48.5 Å². The zero-order chi connectivity index (χ0) is 19.1. The van der Waals surface area contributed by atoms with Gasteiger partial charge >= 0.3 is 0 Å². The second kappa shape index (κ2) is 9.15. The van der Waals surface area contributed by atoms with Crippen molar-refractivity contribution in [2.24, 2.45) is 7.05 Å². The van der Waals surface area contributed by atoms with Gasteiger partial charge in [-0.1, -0.05) is 81.8 Å². The Morgan fingerprint density at radius 1 is 0.962 bits per heavy atom. The molecule has 0 unspecified atom stereocenters. The van der Waals surface area contributed by atoms with Gasteiger partial charge in [-0.25, -0.2) is 4.68 Å². The number of fused-ring (bicyclic) bond motifs is 5. The van der Waals surface area contributed by atoms with Gasteiger partial charge in [-0.3, -0.25) is 10.3 Å². The first-order chi connectivity index (χ1) is 12.7. The Hall–Kier alpha value is -2.66. The molecule has 0 fully saturated rings. The van der Waals surface area contributed by atoms with Crippen LogP contribution >= 0.6 is 0 Å². The standard InChI is InChI=1S/C16H14N4O.C3H8.C2H6/c1-19-16-12-7-3-2-6-11(12)10-20(21)14-9-5-4-8-13(14)15(16)17-18-19;1-3-2;1-2/h2-9,21H,10H2,1H3;3H2,1-2H3;1-2H3. The number of hydrogen-bond acceptors (Lipinski definition) is 4. The quantitative estimate of drug-likeness (QED) is 0.596. The average Bonchev–Trinajstić information content (AvgIpc) is 3.04. The molecule has 26 heavy (non-hydrogen) atoms. The number of aryl methyl sites for hydroxylation is 1. The van der Waals surface area contributed by atoms with Gasteiger partial charge < -0.3 is 0 Å². The molecule has 0 saturated carbocycles. The van der Waals surface area contributed by atoms with Crippen molar-refractivity contribution in [1.82, 2.24) is 15.0 Å². The predicted molar refractivity (Wildman–Crippen MR) is 107 cm³/mol. The van der Waals surface area contributed by atoms with Crippen LogP contribution < -0.4 is 5.06 Å². The molecule has 1 N–H and O–H groups in total. The summed E-state index contributed by atoms with van der Waals surface area (Å²) in [5, 5.41) is 20.2. The number of hydroxylamine groups is 1. The maximum atomic E-state index is 10.4. The van der Waals surface area contributed by atoms with Gasteiger partial charge in [0.2, 0.25) is 0 Å². The molecular weight excluding hydrogens is 324 g/mol. The molecule has 2 heterocycles. The molecule has 1 aliphatic heterocycles. The van der Waals surface area contributed by atoms with E-state index in [0.717, 1.165) is 33.8 Å². The summed E-state index contributed by atoms with van der Waals surface area (Å²) in [4.78, 5) is 0. The highest BCUT2D eigenvalue weighted by molar-refractivity contribution is 5.87. The number of para-hydroxylation sites is 1. The molecule has 0 spiro atoms. The van der Waals surface area contributed by atoms with Crippen LogP contribution in [0.5, 0.6) is 0 Å². The number of nitrogens with zero attached hydrogens (tertiary/aromatic N) is 4. The largest absolute Gasteiger partial charge is 0.288 e. The lowest BCUT2D eigenvalue weighted by Gasteiger charge is -2.24. The molecule has 0 saturated heterocycles.